The van der Waals surface area contributed by atoms with Crippen LogP contribution in [0.25, 0.3) is 0 Å². The van der Waals surface area contributed by atoms with E-state index in [0.717, 1.165) is 28.1 Å². The summed E-state index contributed by atoms with van der Waals surface area (Å²) in [4.78, 5) is 15.1. The fourth-order valence-electron chi connectivity index (χ4n) is 3.15. The summed E-state index contributed by atoms with van der Waals surface area (Å²) in [6.45, 7) is 5.38. The average molecular weight is 340 g/mol. The summed E-state index contributed by atoms with van der Waals surface area (Å²) >= 11 is 6.22. The number of nitrogens with zero attached hydrogens (tertiary/aromatic N) is 1. The van der Waals surface area contributed by atoms with Gasteiger partial charge in [0.05, 0.1) is 5.92 Å². The second kappa shape index (κ2) is 7.23. The Balaban J connectivity index is 1.81. The summed E-state index contributed by atoms with van der Waals surface area (Å²) in [7, 11) is 0. The van der Waals surface area contributed by atoms with Crippen LogP contribution in [0.1, 0.15) is 36.5 Å². The van der Waals surface area contributed by atoms with Crippen molar-refractivity contribution in [2.75, 3.05) is 6.54 Å². The highest BCUT2D eigenvalue weighted by atomic mass is 35.5. The first kappa shape index (κ1) is 16.8. The fraction of sp³-hybridized carbons (Fsp3) is 0.286. The van der Waals surface area contributed by atoms with E-state index in [9.17, 15) is 4.79 Å². The van der Waals surface area contributed by atoms with Gasteiger partial charge in [0.15, 0.2) is 0 Å². The SMILES string of the molecule is C/C=C(\C)CN(Cc1ccccc1)C(=O)C1Cc2c(Cl)cccc21. The van der Waals surface area contributed by atoms with E-state index in [4.69, 9.17) is 11.6 Å². The molecule has 0 N–H and O–H groups in total. The van der Waals surface area contributed by atoms with E-state index in [-0.39, 0.29) is 11.8 Å². The molecule has 1 aliphatic carbocycles. The molecule has 3 rings (SSSR count). The first-order valence-corrected chi connectivity index (χ1v) is 8.69. The van der Waals surface area contributed by atoms with Gasteiger partial charge in [-0.05, 0) is 43.0 Å². The van der Waals surface area contributed by atoms with Crippen LogP contribution in [-0.4, -0.2) is 17.4 Å². The smallest absolute Gasteiger partial charge is 0.231 e. The lowest BCUT2D eigenvalue weighted by Crippen LogP contribution is -2.40. The summed E-state index contributed by atoms with van der Waals surface area (Å²) in [6.07, 6.45) is 2.81. The number of hydrogen-bond donors (Lipinski definition) is 0. The molecule has 0 saturated heterocycles. The Morgan fingerprint density at radius 3 is 2.67 bits per heavy atom. The van der Waals surface area contributed by atoms with E-state index < -0.39 is 0 Å². The monoisotopic (exact) mass is 339 g/mol. The Bertz CT molecular complexity index is 767. The van der Waals surface area contributed by atoms with Crippen LogP contribution in [0, 0.1) is 0 Å². The molecule has 124 valence electrons. The topological polar surface area (TPSA) is 20.3 Å². The molecule has 0 aromatic heterocycles. The number of carbonyl (C=O) groups is 1. The van der Waals surface area contributed by atoms with Gasteiger partial charge in [0, 0.05) is 18.1 Å². The van der Waals surface area contributed by atoms with E-state index in [1.165, 1.54) is 5.57 Å². The van der Waals surface area contributed by atoms with E-state index >= 15 is 0 Å². The number of allylic oxidation sites excluding steroid dienone is 1. The van der Waals surface area contributed by atoms with E-state index in [2.05, 4.69) is 25.1 Å². The minimum Gasteiger partial charge on any atom is -0.334 e. The zero-order valence-corrected chi connectivity index (χ0v) is 14.9. The predicted octanol–water partition coefficient (Wildman–Crippen LogP) is 4.97. The lowest BCUT2D eigenvalue weighted by Gasteiger charge is -2.35. The Labute approximate surface area is 148 Å². The molecule has 0 heterocycles. The third kappa shape index (κ3) is 3.39. The van der Waals surface area contributed by atoms with Crippen molar-refractivity contribution >= 4 is 17.5 Å². The molecule has 1 amide bonds. The number of halogens is 1. The van der Waals surface area contributed by atoms with Crippen molar-refractivity contribution < 1.29 is 4.79 Å². The van der Waals surface area contributed by atoms with Crippen LogP contribution in [0.15, 0.2) is 60.2 Å². The van der Waals surface area contributed by atoms with Gasteiger partial charge in [-0.2, -0.15) is 0 Å². The molecular weight excluding hydrogens is 318 g/mol. The molecule has 1 unspecified atom stereocenters. The van der Waals surface area contributed by atoms with E-state index in [1.807, 2.05) is 48.2 Å². The standard InChI is InChI=1S/C21H22ClNO/c1-3-15(2)13-23(14-16-8-5-4-6-9-16)21(24)19-12-18-17(19)10-7-11-20(18)22/h3-11,19H,12-14H2,1-2H3/b15-3+. The van der Waals surface area contributed by atoms with Gasteiger partial charge in [-0.1, -0.05) is 65.7 Å². The molecule has 0 saturated carbocycles. The molecule has 2 aromatic carbocycles. The van der Waals surface area contributed by atoms with Gasteiger partial charge in [-0.25, -0.2) is 0 Å². The number of amides is 1. The molecule has 0 aliphatic heterocycles. The Hall–Kier alpha value is -2.06. The van der Waals surface area contributed by atoms with Crippen LogP contribution in [0.4, 0.5) is 0 Å². The second-order valence-electron chi connectivity index (χ2n) is 6.38. The molecule has 1 atom stereocenters. The van der Waals surface area contributed by atoms with Crippen LogP contribution in [-0.2, 0) is 17.8 Å². The quantitative estimate of drug-likeness (QED) is 0.704. The summed E-state index contributed by atoms with van der Waals surface area (Å²) in [5, 5.41) is 0.774. The van der Waals surface area contributed by atoms with Crippen LogP contribution in [0.5, 0.6) is 0 Å². The molecular formula is C21H22ClNO. The first-order chi connectivity index (χ1) is 11.6. The molecule has 0 fully saturated rings. The Morgan fingerprint density at radius 2 is 1.96 bits per heavy atom. The maximum atomic E-state index is 13.1. The molecule has 3 heteroatoms. The molecule has 0 bridgehead atoms. The van der Waals surface area contributed by atoms with Crippen molar-refractivity contribution in [3.8, 4) is 0 Å². The van der Waals surface area contributed by atoms with E-state index in [1.54, 1.807) is 0 Å². The highest BCUT2D eigenvalue weighted by Crippen LogP contribution is 2.40. The third-order valence-electron chi connectivity index (χ3n) is 4.70. The zero-order chi connectivity index (χ0) is 17.1. The molecule has 0 spiro atoms. The molecule has 2 aromatic rings. The minimum atomic E-state index is -0.0629. The normalized spacial score (nSPS) is 16.3. The van der Waals surface area contributed by atoms with Crippen molar-refractivity contribution in [2.24, 2.45) is 0 Å². The maximum absolute atomic E-state index is 13.1. The lowest BCUT2D eigenvalue weighted by molar-refractivity contribution is -0.133. The number of benzene rings is 2. The van der Waals surface area contributed by atoms with Gasteiger partial charge in [0.2, 0.25) is 5.91 Å². The van der Waals surface area contributed by atoms with Gasteiger partial charge in [0.1, 0.15) is 0 Å². The number of carbonyl (C=O) groups excluding carboxylic acids is 1. The van der Waals surface area contributed by atoms with E-state index in [0.29, 0.717) is 13.1 Å². The van der Waals surface area contributed by atoms with Gasteiger partial charge in [-0.3, -0.25) is 4.79 Å². The van der Waals surface area contributed by atoms with Crippen LogP contribution < -0.4 is 0 Å². The largest absolute Gasteiger partial charge is 0.334 e. The molecule has 24 heavy (non-hydrogen) atoms. The first-order valence-electron chi connectivity index (χ1n) is 8.32. The van der Waals surface area contributed by atoms with Gasteiger partial charge in [-0.15, -0.1) is 0 Å². The highest BCUT2D eigenvalue weighted by molar-refractivity contribution is 6.31. The Morgan fingerprint density at radius 1 is 1.21 bits per heavy atom. The summed E-state index contributed by atoms with van der Waals surface area (Å²) in [5.74, 6) is 0.127. The van der Waals surface area contributed by atoms with Gasteiger partial charge >= 0.3 is 0 Å². The number of rotatable bonds is 5. The molecule has 2 nitrogen and oxygen atoms in total. The second-order valence-corrected chi connectivity index (χ2v) is 6.79. The van der Waals surface area contributed by atoms with Crippen molar-refractivity contribution in [2.45, 2.75) is 32.7 Å². The highest BCUT2D eigenvalue weighted by Gasteiger charge is 2.36. The molecule has 0 radical (unpaired) electrons. The van der Waals surface area contributed by atoms with Crippen LogP contribution in [0.3, 0.4) is 0 Å². The summed E-state index contributed by atoms with van der Waals surface area (Å²) in [6, 6.07) is 16.0. The molecule has 1 aliphatic rings. The number of fused-ring (bicyclic) bond motifs is 1. The van der Waals surface area contributed by atoms with Crippen molar-refractivity contribution in [1.29, 1.82) is 0 Å². The van der Waals surface area contributed by atoms with Gasteiger partial charge < -0.3 is 4.90 Å². The minimum absolute atomic E-state index is 0.0629. The van der Waals surface area contributed by atoms with Crippen molar-refractivity contribution in [1.82, 2.24) is 4.90 Å². The summed E-state index contributed by atoms with van der Waals surface area (Å²) < 4.78 is 0. The fourth-order valence-corrected chi connectivity index (χ4v) is 3.41. The average Bonchev–Trinajstić information content (AvgIpc) is 2.57. The van der Waals surface area contributed by atoms with Gasteiger partial charge in [0.25, 0.3) is 0 Å². The van der Waals surface area contributed by atoms with Crippen LogP contribution >= 0.6 is 11.6 Å². The summed E-state index contributed by atoms with van der Waals surface area (Å²) in [5.41, 5.74) is 4.56. The Kier molecular flexibility index (Phi) is 5.06. The third-order valence-corrected chi connectivity index (χ3v) is 5.05. The zero-order valence-electron chi connectivity index (χ0n) is 14.1. The maximum Gasteiger partial charge on any atom is 0.231 e. The predicted molar refractivity (Wildman–Crippen MR) is 99.2 cm³/mol. The lowest BCUT2D eigenvalue weighted by atomic mass is 9.76. The van der Waals surface area contributed by atoms with Crippen molar-refractivity contribution in [3.05, 3.63) is 81.9 Å². The van der Waals surface area contributed by atoms with Crippen LogP contribution in [0.2, 0.25) is 5.02 Å². The van der Waals surface area contributed by atoms with Crippen molar-refractivity contribution in [3.63, 3.8) is 0 Å². The number of hydrogen-bond acceptors (Lipinski definition) is 1.